The van der Waals surface area contributed by atoms with Gasteiger partial charge in [0, 0.05) is 28.9 Å². The molecule has 4 heterocycles. The van der Waals surface area contributed by atoms with E-state index in [0.717, 1.165) is 23.8 Å². The maximum absolute atomic E-state index is 14.8. The Balaban J connectivity index is 1.17. The summed E-state index contributed by atoms with van der Waals surface area (Å²) in [5.74, 6) is -2.42. The summed E-state index contributed by atoms with van der Waals surface area (Å²) in [6.45, 7) is 4.96. The number of nitrogens with zero attached hydrogens (tertiary/aromatic N) is 2. The predicted molar refractivity (Wildman–Crippen MR) is 213 cm³/mol. The van der Waals surface area contributed by atoms with Gasteiger partial charge in [-0.15, -0.1) is 0 Å². The summed E-state index contributed by atoms with van der Waals surface area (Å²) >= 11 is 0. The van der Waals surface area contributed by atoms with Crippen molar-refractivity contribution in [2.45, 2.75) is 125 Å². The van der Waals surface area contributed by atoms with E-state index in [0.29, 0.717) is 67.5 Å². The number of pyridine rings is 1. The van der Waals surface area contributed by atoms with Crippen molar-refractivity contribution in [2.24, 2.45) is 5.92 Å². The maximum Gasteiger partial charge on any atom is 0.408 e. The molecule has 2 saturated carbocycles. The summed E-state index contributed by atoms with van der Waals surface area (Å²) in [6.07, 6.45) is 7.68. The predicted octanol–water partition coefficient (Wildman–Crippen LogP) is 5.60. The Kier molecular flexibility index (Phi) is 10.3. The lowest BCUT2D eigenvalue weighted by Gasteiger charge is -2.37. The molecule has 13 nitrogen and oxygen atoms in total. The van der Waals surface area contributed by atoms with E-state index >= 15 is 0 Å². The number of hydrogen-bond donors (Lipinski definition) is 3. The first-order valence-electron chi connectivity index (χ1n) is 20.3. The highest BCUT2D eigenvalue weighted by atomic mass is 32.2. The van der Waals surface area contributed by atoms with Crippen molar-refractivity contribution in [1.29, 1.82) is 0 Å². The number of sulfonamides is 1. The van der Waals surface area contributed by atoms with Crippen molar-refractivity contribution in [1.82, 2.24) is 25.2 Å². The van der Waals surface area contributed by atoms with Crippen molar-refractivity contribution < 1.29 is 41.5 Å². The standard InChI is InChI=1S/C43H50FN5O8S/c1-26(2)56-40(53)46-33-17-8-6-4-5-7-13-28-23-43(28,39(52)48-58(54,55)41(3)20-21-41)47-37(50)34-24-42(25-49(34)38(33)51)19-18-31-30-15-9-10-16-32(30)45-35(36(31)57-42)27-12-11-14-29(44)22-27/h7,9-16,22,26,28,33-34H,4-6,8,17-21,23-25H2,1-3H3,(H,46,53)(H,47,50)(H,48,52)/b13-7-/t28-,33+,34+,42-,43-/m1/s1. The van der Waals surface area contributed by atoms with E-state index in [1.165, 1.54) is 17.0 Å². The van der Waals surface area contributed by atoms with Gasteiger partial charge in [0.15, 0.2) is 0 Å². The number of rotatable bonds is 6. The number of fused-ring (bicyclic) bond motifs is 5. The SMILES string of the molecule is CC(C)OC(=O)N[C@H]1CCCCC/C=C\[C@@H]2C[C@@]2(C(=O)NS(=O)(=O)C2(C)CC2)NC(=O)[C@@H]2C[C@]3(CCc4c(c(-c5cccc(F)c5)nc5ccccc45)O3)CN2C1=O. The molecule has 8 rings (SSSR count). The Morgan fingerprint density at radius 1 is 1.05 bits per heavy atom. The first kappa shape index (κ1) is 39.8. The molecule has 5 atom stereocenters. The molecule has 308 valence electrons. The van der Waals surface area contributed by atoms with Crippen LogP contribution in [0.4, 0.5) is 9.18 Å². The molecular weight excluding hydrogens is 766 g/mol. The van der Waals surface area contributed by atoms with Crippen molar-refractivity contribution in [3.05, 3.63) is 72.1 Å². The van der Waals surface area contributed by atoms with Crippen LogP contribution in [-0.4, -0.2) is 82.7 Å². The Labute approximate surface area is 337 Å². The summed E-state index contributed by atoms with van der Waals surface area (Å²) in [4.78, 5) is 62.9. The number of hydrogen-bond acceptors (Lipinski definition) is 9. The monoisotopic (exact) mass is 815 g/mol. The fraction of sp³-hybridized carbons (Fsp3) is 0.512. The van der Waals surface area contributed by atoms with E-state index in [9.17, 15) is 32.0 Å². The average Bonchev–Trinajstić information content (AvgIpc) is 4.07. The second-order valence-electron chi connectivity index (χ2n) is 17.1. The number of carbonyl (C=O) groups is 4. The third-order valence-corrected chi connectivity index (χ3v) is 14.6. The van der Waals surface area contributed by atoms with Crippen molar-refractivity contribution in [2.75, 3.05) is 6.54 Å². The summed E-state index contributed by atoms with van der Waals surface area (Å²) < 4.78 is 54.8. The van der Waals surface area contributed by atoms with Crippen LogP contribution >= 0.6 is 0 Å². The first-order chi connectivity index (χ1) is 27.6. The number of para-hydroxylation sites is 1. The van der Waals surface area contributed by atoms with Gasteiger partial charge in [0.1, 0.15) is 40.5 Å². The number of allylic oxidation sites excluding steroid dienone is 1. The smallest absolute Gasteiger partial charge is 0.408 e. The Bertz CT molecular complexity index is 2310. The van der Waals surface area contributed by atoms with E-state index in [4.69, 9.17) is 14.5 Å². The minimum Gasteiger partial charge on any atom is -0.483 e. The highest BCUT2D eigenvalue weighted by molar-refractivity contribution is 7.91. The van der Waals surface area contributed by atoms with Crippen molar-refractivity contribution in [3.63, 3.8) is 0 Å². The molecule has 5 aliphatic rings. The van der Waals surface area contributed by atoms with Gasteiger partial charge in [-0.2, -0.15) is 0 Å². The molecule has 3 fully saturated rings. The van der Waals surface area contributed by atoms with Gasteiger partial charge in [0.25, 0.3) is 5.91 Å². The molecule has 0 radical (unpaired) electrons. The third-order valence-electron chi connectivity index (χ3n) is 12.4. The molecule has 1 saturated heterocycles. The zero-order valence-corrected chi connectivity index (χ0v) is 33.8. The maximum atomic E-state index is 14.8. The normalized spacial score (nSPS) is 28.5. The molecule has 2 aromatic carbocycles. The van der Waals surface area contributed by atoms with Gasteiger partial charge in [-0.25, -0.2) is 22.6 Å². The number of carbonyl (C=O) groups excluding carboxylic acids is 4. The molecule has 0 bridgehead atoms. The van der Waals surface area contributed by atoms with Crippen LogP contribution in [0.1, 0.15) is 90.5 Å². The van der Waals surface area contributed by atoms with E-state index in [1.54, 1.807) is 32.9 Å². The topological polar surface area (TPSA) is 173 Å². The van der Waals surface area contributed by atoms with Gasteiger partial charge in [-0.05, 0) is 90.3 Å². The quantitative estimate of drug-likeness (QED) is 0.268. The number of halogens is 1. The molecule has 4 amide bonds. The lowest BCUT2D eigenvalue weighted by atomic mass is 9.86. The van der Waals surface area contributed by atoms with Crippen molar-refractivity contribution in [3.8, 4) is 17.0 Å². The van der Waals surface area contributed by atoms with Gasteiger partial charge >= 0.3 is 6.09 Å². The lowest BCUT2D eigenvalue weighted by Crippen LogP contribution is -2.58. The number of nitrogens with one attached hydrogen (secondary N) is 3. The van der Waals surface area contributed by atoms with E-state index in [2.05, 4.69) is 15.4 Å². The minimum absolute atomic E-state index is 0.0250. The second-order valence-corrected chi connectivity index (χ2v) is 19.3. The molecule has 1 aromatic heterocycles. The molecule has 3 aromatic rings. The van der Waals surface area contributed by atoms with Gasteiger partial charge in [0.05, 0.1) is 22.9 Å². The summed E-state index contributed by atoms with van der Waals surface area (Å²) in [7, 11) is -4.02. The number of aryl methyl sites for hydroxylation is 1. The van der Waals surface area contributed by atoms with Crippen LogP contribution in [0.5, 0.6) is 5.75 Å². The van der Waals surface area contributed by atoms with Gasteiger partial charge in [-0.3, -0.25) is 19.1 Å². The minimum atomic E-state index is -4.02. The van der Waals surface area contributed by atoms with Gasteiger partial charge in [0.2, 0.25) is 21.8 Å². The summed E-state index contributed by atoms with van der Waals surface area (Å²) in [5, 5.41) is 6.56. The molecule has 1 spiro atoms. The van der Waals surface area contributed by atoms with Crippen LogP contribution < -0.4 is 20.1 Å². The molecule has 58 heavy (non-hydrogen) atoms. The highest BCUT2D eigenvalue weighted by Gasteiger charge is 2.64. The average molecular weight is 816 g/mol. The molecule has 15 heteroatoms. The zero-order valence-electron chi connectivity index (χ0n) is 33.0. The summed E-state index contributed by atoms with van der Waals surface area (Å²) in [5.41, 5.74) is -0.150. The van der Waals surface area contributed by atoms with Crippen LogP contribution in [0.15, 0.2) is 60.7 Å². The fourth-order valence-electron chi connectivity index (χ4n) is 8.70. The number of aromatic nitrogens is 1. The zero-order chi connectivity index (χ0) is 41.0. The number of amides is 4. The Morgan fingerprint density at radius 3 is 2.60 bits per heavy atom. The summed E-state index contributed by atoms with van der Waals surface area (Å²) in [6, 6.07) is 11.5. The fourth-order valence-corrected chi connectivity index (χ4v) is 10.0. The molecule has 3 aliphatic heterocycles. The van der Waals surface area contributed by atoms with Crippen LogP contribution in [0.2, 0.25) is 0 Å². The van der Waals surface area contributed by atoms with Gasteiger partial charge < -0.3 is 25.0 Å². The van der Waals surface area contributed by atoms with Crippen LogP contribution in [0, 0.1) is 11.7 Å². The second kappa shape index (κ2) is 15.0. The number of benzene rings is 2. The molecule has 0 unspecified atom stereocenters. The van der Waals surface area contributed by atoms with Crippen LogP contribution in [0.3, 0.4) is 0 Å². The molecule has 2 aliphatic carbocycles. The highest BCUT2D eigenvalue weighted by Crippen LogP contribution is 2.50. The van der Waals surface area contributed by atoms with E-state index < -0.39 is 79.6 Å². The lowest BCUT2D eigenvalue weighted by molar-refractivity contribution is -0.141. The largest absolute Gasteiger partial charge is 0.483 e. The molecular formula is C43H50FN5O8S. The molecule has 3 N–H and O–H groups in total. The van der Waals surface area contributed by atoms with Crippen LogP contribution in [-0.2, 0) is 35.6 Å². The Hall–Kier alpha value is -5.05. The number of alkyl carbamates (subject to hydrolysis) is 1. The third kappa shape index (κ3) is 7.53. The van der Waals surface area contributed by atoms with Crippen LogP contribution in [0.25, 0.3) is 22.2 Å². The van der Waals surface area contributed by atoms with Gasteiger partial charge in [-0.1, -0.05) is 55.3 Å². The Morgan fingerprint density at radius 2 is 1.84 bits per heavy atom. The number of ether oxygens (including phenoxy) is 2. The first-order valence-corrected chi connectivity index (χ1v) is 21.8. The van der Waals surface area contributed by atoms with E-state index in [-0.39, 0.29) is 19.4 Å². The van der Waals surface area contributed by atoms with Crippen molar-refractivity contribution >= 4 is 44.7 Å². The van der Waals surface area contributed by atoms with E-state index in [1.807, 2.05) is 36.4 Å².